The zero-order valence-electron chi connectivity index (χ0n) is 12.4. The van der Waals surface area contributed by atoms with Gasteiger partial charge in [0.2, 0.25) is 0 Å². The van der Waals surface area contributed by atoms with Crippen LogP contribution in [0.25, 0.3) is 11.0 Å². The van der Waals surface area contributed by atoms with E-state index in [4.69, 9.17) is 20.8 Å². The highest BCUT2D eigenvalue weighted by Gasteiger charge is 2.39. The van der Waals surface area contributed by atoms with Crippen LogP contribution in [0, 0.1) is 5.92 Å². The van der Waals surface area contributed by atoms with E-state index >= 15 is 0 Å². The summed E-state index contributed by atoms with van der Waals surface area (Å²) in [5.41, 5.74) is 0.695. The van der Waals surface area contributed by atoms with Crippen molar-refractivity contribution in [2.75, 3.05) is 13.1 Å². The first kappa shape index (κ1) is 14.1. The van der Waals surface area contributed by atoms with E-state index in [9.17, 15) is 4.79 Å². The van der Waals surface area contributed by atoms with Crippen molar-refractivity contribution in [2.24, 2.45) is 5.92 Å². The van der Waals surface area contributed by atoms with Gasteiger partial charge in [-0.15, -0.1) is 0 Å². The lowest BCUT2D eigenvalue weighted by Gasteiger charge is -2.33. The standard InChI is InChI=1S/C17H18ClNO3/c1-10-6-12-9-19(5-4-15(12)21-10)17(20)16-8-11-7-13(18)2-3-14(11)22-16/h2-3,7-8,10,12,15H,4-6,9H2,1H3/t10-,12-,15+/m1/s1. The van der Waals surface area contributed by atoms with Crippen LogP contribution in [0.1, 0.15) is 30.3 Å². The maximum absolute atomic E-state index is 12.7. The lowest BCUT2D eigenvalue weighted by Crippen LogP contribution is -2.44. The summed E-state index contributed by atoms with van der Waals surface area (Å²) in [7, 11) is 0. The molecular formula is C17H18ClNO3. The molecule has 4 rings (SSSR count). The Bertz CT molecular complexity index is 726. The third kappa shape index (κ3) is 2.40. The van der Waals surface area contributed by atoms with Crippen molar-refractivity contribution < 1.29 is 13.9 Å². The van der Waals surface area contributed by atoms with E-state index in [1.807, 2.05) is 11.0 Å². The summed E-state index contributed by atoms with van der Waals surface area (Å²) in [6.07, 6.45) is 2.56. The normalized spacial score (nSPS) is 28.1. The Labute approximate surface area is 134 Å². The molecule has 0 N–H and O–H groups in total. The summed E-state index contributed by atoms with van der Waals surface area (Å²) in [5.74, 6) is 0.805. The highest BCUT2D eigenvalue weighted by molar-refractivity contribution is 6.31. The van der Waals surface area contributed by atoms with Gasteiger partial charge in [0.25, 0.3) is 5.91 Å². The van der Waals surface area contributed by atoms with Gasteiger partial charge in [-0.2, -0.15) is 0 Å². The van der Waals surface area contributed by atoms with Crippen molar-refractivity contribution >= 4 is 28.5 Å². The summed E-state index contributed by atoms with van der Waals surface area (Å²) >= 11 is 5.98. The van der Waals surface area contributed by atoms with Crippen molar-refractivity contribution in [3.63, 3.8) is 0 Å². The summed E-state index contributed by atoms with van der Waals surface area (Å²) in [4.78, 5) is 14.6. The van der Waals surface area contributed by atoms with Crippen molar-refractivity contribution in [3.8, 4) is 0 Å². The number of nitrogens with zero attached hydrogens (tertiary/aromatic N) is 1. The number of fused-ring (bicyclic) bond motifs is 2. The first-order valence-electron chi connectivity index (χ1n) is 7.74. The van der Waals surface area contributed by atoms with Crippen LogP contribution in [0.3, 0.4) is 0 Å². The summed E-state index contributed by atoms with van der Waals surface area (Å²) in [5, 5.41) is 1.51. The van der Waals surface area contributed by atoms with Crippen LogP contribution in [0.2, 0.25) is 5.02 Å². The first-order valence-corrected chi connectivity index (χ1v) is 8.12. The molecular weight excluding hydrogens is 302 g/mol. The highest BCUT2D eigenvalue weighted by Crippen LogP contribution is 2.33. The van der Waals surface area contributed by atoms with Gasteiger partial charge < -0.3 is 14.1 Å². The number of amides is 1. The summed E-state index contributed by atoms with van der Waals surface area (Å²) in [6.45, 7) is 3.59. The van der Waals surface area contributed by atoms with Gasteiger partial charge >= 0.3 is 0 Å². The van der Waals surface area contributed by atoms with Gasteiger partial charge in [-0.3, -0.25) is 4.79 Å². The topological polar surface area (TPSA) is 42.7 Å². The van der Waals surface area contributed by atoms with Gasteiger partial charge in [-0.1, -0.05) is 11.6 Å². The van der Waals surface area contributed by atoms with E-state index in [2.05, 4.69) is 6.92 Å². The van der Waals surface area contributed by atoms with Crippen LogP contribution >= 0.6 is 11.6 Å². The Kier molecular flexibility index (Phi) is 3.39. The molecule has 116 valence electrons. The molecule has 0 aliphatic carbocycles. The van der Waals surface area contributed by atoms with Crippen LogP contribution in [0.5, 0.6) is 0 Å². The number of ether oxygens (including phenoxy) is 1. The molecule has 2 fully saturated rings. The second-order valence-corrected chi connectivity index (χ2v) is 6.75. The molecule has 0 bridgehead atoms. The predicted octanol–water partition coefficient (Wildman–Crippen LogP) is 3.73. The molecule has 0 radical (unpaired) electrons. The van der Waals surface area contributed by atoms with Crippen LogP contribution in [0.4, 0.5) is 0 Å². The van der Waals surface area contributed by atoms with Crippen LogP contribution in [-0.4, -0.2) is 36.1 Å². The quantitative estimate of drug-likeness (QED) is 0.804. The summed E-state index contributed by atoms with van der Waals surface area (Å²) in [6, 6.07) is 7.16. The van der Waals surface area contributed by atoms with E-state index in [0.29, 0.717) is 34.5 Å². The molecule has 0 spiro atoms. The lowest BCUT2D eigenvalue weighted by molar-refractivity contribution is 0.00790. The molecule has 3 atom stereocenters. The van der Waals surface area contributed by atoms with Gasteiger partial charge in [0.05, 0.1) is 12.2 Å². The van der Waals surface area contributed by atoms with E-state index in [1.54, 1.807) is 18.2 Å². The third-order valence-electron chi connectivity index (χ3n) is 4.68. The maximum atomic E-state index is 12.7. The molecule has 2 saturated heterocycles. The van der Waals surface area contributed by atoms with E-state index in [0.717, 1.165) is 31.3 Å². The number of piperidine rings is 1. The fourth-order valence-electron chi connectivity index (χ4n) is 3.66. The second kappa shape index (κ2) is 5.28. The summed E-state index contributed by atoms with van der Waals surface area (Å²) < 4.78 is 11.6. The molecule has 4 nitrogen and oxygen atoms in total. The Morgan fingerprint density at radius 2 is 2.23 bits per heavy atom. The van der Waals surface area contributed by atoms with Gasteiger partial charge in [0.1, 0.15) is 5.58 Å². The largest absolute Gasteiger partial charge is 0.451 e. The number of hydrogen-bond acceptors (Lipinski definition) is 3. The molecule has 5 heteroatoms. The Morgan fingerprint density at radius 1 is 1.36 bits per heavy atom. The number of hydrogen-bond donors (Lipinski definition) is 0. The SMILES string of the molecule is C[C@@H]1C[C@@H]2CN(C(=O)c3cc4cc(Cl)ccc4o3)CC[C@@H]2O1. The van der Waals surface area contributed by atoms with Gasteiger partial charge in [-0.25, -0.2) is 0 Å². The third-order valence-corrected chi connectivity index (χ3v) is 4.92. The molecule has 2 aliphatic rings. The molecule has 0 unspecified atom stereocenters. The average Bonchev–Trinajstić information content (AvgIpc) is 3.07. The maximum Gasteiger partial charge on any atom is 0.289 e. The van der Waals surface area contributed by atoms with Gasteiger partial charge in [0.15, 0.2) is 5.76 Å². The number of halogens is 1. The number of furan rings is 1. The molecule has 1 aromatic heterocycles. The van der Waals surface area contributed by atoms with E-state index in [1.165, 1.54) is 0 Å². The number of rotatable bonds is 1. The molecule has 22 heavy (non-hydrogen) atoms. The second-order valence-electron chi connectivity index (χ2n) is 6.31. The Hall–Kier alpha value is -1.52. The predicted molar refractivity (Wildman–Crippen MR) is 84.2 cm³/mol. The zero-order valence-corrected chi connectivity index (χ0v) is 13.2. The molecule has 2 aliphatic heterocycles. The fraction of sp³-hybridized carbons (Fsp3) is 0.471. The van der Waals surface area contributed by atoms with E-state index < -0.39 is 0 Å². The van der Waals surface area contributed by atoms with Gasteiger partial charge in [0, 0.05) is 29.4 Å². The minimum atomic E-state index is -0.0367. The lowest BCUT2D eigenvalue weighted by atomic mass is 9.93. The van der Waals surface area contributed by atoms with Crippen molar-refractivity contribution in [1.29, 1.82) is 0 Å². The van der Waals surface area contributed by atoms with Crippen LogP contribution in [-0.2, 0) is 4.74 Å². The van der Waals surface area contributed by atoms with Crippen molar-refractivity contribution in [3.05, 3.63) is 35.0 Å². The minimum Gasteiger partial charge on any atom is -0.451 e. The fourth-order valence-corrected chi connectivity index (χ4v) is 3.84. The average molecular weight is 320 g/mol. The zero-order chi connectivity index (χ0) is 15.3. The Balaban J connectivity index is 1.55. The molecule has 1 aromatic carbocycles. The number of carbonyl (C=O) groups excluding carboxylic acids is 1. The molecule has 1 amide bonds. The number of benzene rings is 1. The van der Waals surface area contributed by atoms with Crippen molar-refractivity contribution in [1.82, 2.24) is 4.90 Å². The first-order chi connectivity index (χ1) is 10.6. The van der Waals surface area contributed by atoms with Crippen LogP contribution < -0.4 is 0 Å². The number of carbonyl (C=O) groups is 1. The van der Waals surface area contributed by atoms with E-state index in [-0.39, 0.29) is 5.91 Å². The monoisotopic (exact) mass is 319 g/mol. The molecule has 0 saturated carbocycles. The molecule has 2 aromatic rings. The smallest absolute Gasteiger partial charge is 0.289 e. The Morgan fingerprint density at radius 3 is 3.09 bits per heavy atom. The highest BCUT2D eigenvalue weighted by atomic mass is 35.5. The van der Waals surface area contributed by atoms with Gasteiger partial charge in [-0.05, 0) is 44.0 Å². The van der Waals surface area contributed by atoms with Crippen molar-refractivity contribution in [2.45, 2.75) is 32.0 Å². The minimum absolute atomic E-state index is 0.0367. The number of likely N-dealkylation sites (tertiary alicyclic amines) is 1. The molecule has 3 heterocycles. The van der Waals surface area contributed by atoms with Crippen LogP contribution in [0.15, 0.2) is 28.7 Å².